The van der Waals surface area contributed by atoms with Gasteiger partial charge in [-0.3, -0.25) is 14.8 Å². The minimum Gasteiger partial charge on any atom is -0.369 e. The van der Waals surface area contributed by atoms with Gasteiger partial charge in [-0.2, -0.15) is 0 Å². The van der Waals surface area contributed by atoms with Crippen LogP contribution in [-0.4, -0.2) is 38.0 Å². The van der Waals surface area contributed by atoms with Crippen LogP contribution in [0.2, 0.25) is 0 Å². The van der Waals surface area contributed by atoms with Gasteiger partial charge in [0.2, 0.25) is 0 Å². The molecular formula is C13H20N4O. The molecule has 0 spiro atoms. The molecule has 0 fully saturated rings. The van der Waals surface area contributed by atoms with Crippen LogP contribution in [0.4, 0.5) is 10.5 Å². The van der Waals surface area contributed by atoms with E-state index in [4.69, 9.17) is 5.73 Å². The van der Waals surface area contributed by atoms with Crippen LogP contribution in [0.15, 0.2) is 23.2 Å². The molecule has 18 heavy (non-hydrogen) atoms. The summed E-state index contributed by atoms with van der Waals surface area (Å²) in [6.45, 7) is 3.95. The molecule has 0 saturated heterocycles. The van der Waals surface area contributed by atoms with Crippen molar-refractivity contribution in [3.63, 3.8) is 0 Å². The minimum atomic E-state index is -0.213. The fourth-order valence-corrected chi connectivity index (χ4v) is 1.90. The Bertz CT molecular complexity index is 462. The number of nitrogens with two attached hydrogens (primary N) is 1. The minimum absolute atomic E-state index is 0.193. The summed E-state index contributed by atoms with van der Waals surface area (Å²) >= 11 is 0. The number of guanidine groups is 1. The van der Waals surface area contributed by atoms with Crippen molar-refractivity contribution >= 4 is 17.7 Å². The van der Waals surface area contributed by atoms with Crippen LogP contribution in [0.1, 0.15) is 11.1 Å². The van der Waals surface area contributed by atoms with Gasteiger partial charge in [-0.05, 0) is 25.0 Å². The summed E-state index contributed by atoms with van der Waals surface area (Å²) in [6, 6.07) is 5.71. The van der Waals surface area contributed by atoms with Crippen LogP contribution in [0, 0.1) is 13.8 Å². The normalized spacial score (nSPS) is 11.3. The van der Waals surface area contributed by atoms with Crippen molar-refractivity contribution in [2.75, 3.05) is 26.0 Å². The van der Waals surface area contributed by atoms with E-state index < -0.39 is 0 Å². The van der Waals surface area contributed by atoms with Crippen molar-refractivity contribution in [1.29, 1.82) is 0 Å². The van der Waals surface area contributed by atoms with Gasteiger partial charge in [0.25, 0.3) is 0 Å². The molecule has 0 unspecified atom stereocenters. The lowest BCUT2D eigenvalue weighted by molar-refractivity contribution is 0.233. The van der Waals surface area contributed by atoms with E-state index in [0.29, 0.717) is 0 Å². The predicted octanol–water partition coefficient (Wildman–Crippen LogP) is 1.74. The van der Waals surface area contributed by atoms with Crippen molar-refractivity contribution in [3.05, 3.63) is 29.3 Å². The Morgan fingerprint density at radius 3 is 2.17 bits per heavy atom. The monoisotopic (exact) mass is 248 g/mol. The maximum absolute atomic E-state index is 12.2. The van der Waals surface area contributed by atoms with Gasteiger partial charge in [0.05, 0.1) is 5.69 Å². The smallest absolute Gasteiger partial charge is 0.330 e. The van der Waals surface area contributed by atoms with Crippen molar-refractivity contribution in [2.24, 2.45) is 10.7 Å². The average Bonchev–Trinajstić information content (AvgIpc) is 2.35. The van der Waals surface area contributed by atoms with Gasteiger partial charge in [-0.25, -0.2) is 4.79 Å². The first-order valence-electron chi connectivity index (χ1n) is 5.70. The van der Waals surface area contributed by atoms with Gasteiger partial charge in [-0.1, -0.05) is 18.2 Å². The maximum Gasteiger partial charge on any atom is 0.330 e. The van der Waals surface area contributed by atoms with Crippen LogP contribution in [0.3, 0.4) is 0 Å². The third kappa shape index (κ3) is 2.61. The third-order valence-corrected chi connectivity index (χ3v) is 2.92. The van der Waals surface area contributed by atoms with Crippen LogP contribution in [-0.2, 0) is 0 Å². The number of carbonyl (C=O) groups excluding carboxylic acids is 1. The van der Waals surface area contributed by atoms with E-state index in [1.54, 1.807) is 26.0 Å². The lowest BCUT2D eigenvalue weighted by atomic mass is 10.1. The number of rotatable bonds is 1. The lowest BCUT2D eigenvalue weighted by Gasteiger charge is -2.26. The van der Waals surface area contributed by atoms with Gasteiger partial charge in [-0.15, -0.1) is 0 Å². The molecule has 0 atom stereocenters. The number of hydrogen-bond acceptors (Lipinski definition) is 2. The SMILES string of the molecule is CN=C(N)N(C)C(=O)N(C)c1c(C)cccc1C. The number of amides is 2. The van der Waals surface area contributed by atoms with Crippen LogP contribution in [0.5, 0.6) is 0 Å². The summed E-state index contributed by atoms with van der Waals surface area (Å²) in [5, 5.41) is 0. The Labute approximate surface area is 108 Å². The van der Waals surface area contributed by atoms with E-state index in [9.17, 15) is 4.79 Å². The zero-order valence-electron chi connectivity index (χ0n) is 11.6. The van der Waals surface area contributed by atoms with E-state index in [-0.39, 0.29) is 12.0 Å². The Hall–Kier alpha value is -2.04. The highest BCUT2D eigenvalue weighted by molar-refractivity contribution is 6.03. The molecule has 1 aromatic rings. The molecule has 5 heteroatoms. The molecular weight excluding hydrogens is 228 g/mol. The molecule has 0 heterocycles. The molecule has 1 rings (SSSR count). The third-order valence-electron chi connectivity index (χ3n) is 2.92. The first-order valence-corrected chi connectivity index (χ1v) is 5.70. The zero-order valence-corrected chi connectivity index (χ0v) is 11.6. The molecule has 0 aliphatic rings. The Morgan fingerprint density at radius 1 is 1.22 bits per heavy atom. The van der Waals surface area contributed by atoms with Gasteiger partial charge in [0.15, 0.2) is 5.96 Å². The number of urea groups is 1. The number of aryl methyl sites for hydroxylation is 2. The largest absolute Gasteiger partial charge is 0.369 e. The lowest BCUT2D eigenvalue weighted by Crippen LogP contribution is -2.46. The number of aliphatic imine (C=N–C) groups is 1. The molecule has 5 nitrogen and oxygen atoms in total. The number of anilines is 1. The number of benzene rings is 1. The molecule has 0 aromatic heterocycles. The fourth-order valence-electron chi connectivity index (χ4n) is 1.90. The van der Waals surface area contributed by atoms with Gasteiger partial charge in [0.1, 0.15) is 0 Å². The zero-order chi connectivity index (χ0) is 13.9. The molecule has 0 aliphatic heterocycles. The molecule has 2 N–H and O–H groups in total. The quantitative estimate of drug-likeness (QED) is 0.608. The van der Waals surface area contributed by atoms with E-state index in [1.807, 2.05) is 32.0 Å². The highest BCUT2D eigenvalue weighted by Gasteiger charge is 2.20. The summed E-state index contributed by atoms with van der Waals surface area (Å²) < 4.78 is 0. The van der Waals surface area contributed by atoms with E-state index in [1.165, 1.54) is 4.90 Å². The summed E-state index contributed by atoms with van der Waals surface area (Å²) in [5.74, 6) is 0.193. The van der Waals surface area contributed by atoms with Gasteiger partial charge < -0.3 is 5.73 Å². The molecule has 0 bridgehead atoms. The Balaban J connectivity index is 3.08. The molecule has 2 amide bonds. The molecule has 0 aliphatic carbocycles. The highest BCUT2D eigenvalue weighted by Crippen LogP contribution is 2.24. The standard InChI is InChI=1S/C13H20N4O/c1-9-7-6-8-10(2)11(9)16(4)13(18)17(5)12(14)15-3/h6-8H,1-5H3,(H2,14,15). The summed E-state index contributed by atoms with van der Waals surface area (Å²) in [5.41, 5.74) is 8.63. The predicted molar refractivity (Wildman–Crippen MR) is 75.0 cm³/mol. The Morgan fingerprint density at radius 2 is 1.72 bits per heavy atom. The van der Waals surface area contributed by atoms with Crippen molar-refractivity contribution in [2.45, 2.75) is 13.8 Å². The second kappa shape index (κ2) is 5.53. The van der Waals surface area contributed by atoms with Crippen LogP contribution in [0.25, 0.3) is 0 Å². The van der Waals surface area contributed by atoms with E-state index in [0.717, 1.165) is 16.8 Å². The molecule has 0 radical (unpaired) electrons. The average molecular weight is 248 g/mol. The number of carbonyl (C=O) groups is 1. The van der Waals surface area contributed by atoms with Gasteiger partial charge in [0, 0.05) is 21.1 Å². The topological polar surface area (TPSA) is 61.9 Å². The Kier molecular flexibility index (Phi) is 4.31. The van der Waals surface area contributed by atoms with E-state index >= 15 is 0 Å². The number of para-hydroxylation sites is 1. The number of hydrogen-bond donors (Lipinski definition) is 1. The van der Waals surface area contributed by atoms with Crippen molar-refractivity contribution in [3.8, 4) is 0 Å². The van der Waals surface area contributed by atoms with Crippen LogP contribution < -0.4 is 10.6 Å². The molecule has 1 aromatic carbocycles. The van der Waals surface area contributed by atoms with Gasteiger partial charge >= 0.3 is 6.03 Å². The van der Waals surface area contributed by atoms with Crippen molar-refractivity contribution < 1.29 is 4.79 Å². The van der Waals surface area contributed by atoms with Crippen LogP contribution >= 0.6 is 0 Å². The maximum atomic E-state index is 12.2. The molecule has 0 saturated carbocycles. The second-order valence-electron chi connectivity index (χ2n) is 4.22. The summed E-state index contributed by atoms with van der Waals surface area (Å²) in [7, 11) is 4.89. The highest BCUT2D eigenvalue weighted by atomic mass is 16.2. The summed E-state index contributed by atoms with van der Waals surface area (Å²) in [6.07, 6.45) is 0. The molecule has 98 valence electrons. The first-order chi connectivity index (χ1) is 8.40. The van der Waals surface area contributed by atoms with E-state index in [2.05, 4.69) is 4.99 Å². The first kappa shape index (κ1) is 14.0. The fraction of sp³-hybridized carbons (Fsp3) is 0.385. The van der Waals surface area contributed by atoms with Crippen molar-refractivity contribution in [1.82, 2.24) is 4.90 Å². The summed E-state index contributed by atoms with van der Waals surface area (Å²) in [4.78, 5) is 19.0. The second-order valence-corrected chi connectivity index (χ2v) is 4.22. The number of nitrogens with zero attached hydrogens (tertiary/aromatic N) is 3.